The smallest absolute Gasteiger partial charge is 0.287 e. The monoisotopic (exact) mass is 286 g/mol. The fraction of sp³-hybridized carbons (Fsp3) is 0.0667. The lowest BCUT2D eigenvalue weighted by atomic mass is 10.2. The molecule has 2 heterocycles. The van der Waals surface area contributed by atoms with E-state index in [1.807, 2.05) is 18.2 Å². The van der Waals surface area contributed by atoms with Crippen LogP contribution in [0, 0.1) is 0 Å². The van der Waals surface area contributed by atoms with E-state index in [1.54, 1.807) is 30.5 Å². The number of nitrogens with one attached hydrogen (secondary N) is 1. The van der Waals surface area contributed by atoms with E-state index in [2.05, 4.69) is 10.3 Å². The van der Waals surface area contributed by atoms with Crippen LogP contribution in [0.3, 0.4) is 0 Å². The summed E-state index contributed by atoms with van der Waals surface area (Å²) in [5.41, 5.74) is 2.11. The number of furan rings is 1. The van der Waals surface area contributed by atoms with Crippen molar-refractivity contribution in [3.63, 3.8) is 0 Å². The molecule has 0 radical (unpaired) electrons. The molecule has 4 nitrogen and oxygen atoms in total. The van der Waals surface area contributed by atoms with Crippen LogP contribution in [0.5, 0.6) is 0 Å². The van der Waals surface area contributed by atoms with Gasteiger partial charge in [0, 0.05) is 23.8 Å². The zero-order valence-electron chi connectivity index (χ0n) is 10.5. The first-order valence-electron chi connectivity index (χ1n) is 6.10. The Kier molecular flexibility index (Phi) is 3.39. The number of hydrogen-bond acceptors (Lipinski definition) is 3. The normalized spacial score (nSPS) is 10.7. The van der Waals surface area contributed by atoms with Crippen molar-refractivity contribution in [3.05, 3.63) is 65.0 Å². The fourth-order valence-electron chi connectivity index (χ4n) is 1.89. The first kappa shape index (κ1) is 12.7. The summed E-state index contributed by atoms with van der Waals surface area (Å²) in [6.45, 7) is 0.350. The van der Waals surface area contributed by atoms with Gasteiger partial charge in [-0.1, -0.05) is 29.8 Å². The second kappa shape index (κ2) is 5.35. The van der Waals surface area contributed by atoms with E-state index in [0.29, 0.717) is 22.7 Å². The predicted octanol–water partition coefficient (Wildman–Crippen LogP) is 3.41. The van der Waals surface area contributed by atoms with Crippen molar-refractivity contribution in [2.75, 3.05) is 0 Å². The standard InChI is InChI=1S/C15H11ClN2O2/c16-11-5-2-1-4-10(11)9-18-15(19)14-8-12-13(20-14)6-3-7-17-12/h1-8H,9H2,(H,18,19). The molecule has 5 heteroatoms. The summed E-state index contributed by atoms with van der Waals surface area (Å²) in [6.07, 6.45) is 1.66. The molecule has 0 aliphatic rings. The van der Waals surface area contributed by atoms with Crippen molar-refractivity contribution in [2.45, 2.75) is 6.54 Å². The van der Waals surface area contributed by atoms with Gasteiger partial charge in [0.25, 0.3) is 5.91 Å². The van der Waals surface area contributed by atoms with E-state index in [1.165, 1.54) is 0 Å². The number of halogens is 1. The van der Waals surface area contributed by atoms with Gasteiger partial charge in [-0.2, -0.15) is 0 Å². The molecule has 0 atom stereocenters. The highest BCUT2D eigenvalue weighted by atomic mass is 35.5. The van der Waals surface area contributed by atoms with Crippen molar-refractivity contribution in [1.29, 1.82) is 0 Å². The van der Waals surface area contributed by atoms with Gasteiger partial charge in [-0.3, -0.25) is 9.78 Å². The van der Waals surface area contributed by atoms with Gasteiger partial charge in [0.15, 0.2) is 11.3 Å². The highest BCUT2D eigenvalue weighted by Crippen LogP contribution is 2.17. The Morgan fingerprint density at radius 3 is 2.90 bits per heavy atom. The molecule has 0 bridgehead atoms. The Balaban J connectivity index is 1.75. The van der Waals surface area contributed by atoms with Crippen LogP contribution in [0.2, 0.25) is 5.02 Å². The third kappa shape index (κ3) is 2.51. The van der Waals surface area contributed by atoms with Crippen molar-refractivity contribution >= 4 is 28.6 Å². The van der Waals surface area contributed by atoms with Crippen molar-refractivity contribution < 1.29 is 9.21 Å². The zero-order chi connectivity index (χ0) is 13.9. The molecule has 1 amide bonds. The minimum Gasteiger partial charge on any atom is -0.449 e. The average molecular weight is 287 g/mol. The van der Waals surface area contributed by atoms with Crippen molar-refractivity contribution in [1.82, 2.24) is 10.3 Å². The van der Waals surface area contributed by atoms with Crippen LogP contribution in [-0.2, 0) is 6.54 Å². The minimum absolute atomic E-state index is 0.241. The molecule has 0 saturated heterocycles. The highest BCUT2D eigenvalue weighted by Gasteiger charge is 2.12. The van der Waals surface area contributed by atoms with Gasteiger partial charge >= 0.3 is 0 Å². The molecule has 1 N–H and O–H groups in total. The number of benzene rings is 1. The molecule has 0 aliphatic carbocycles. The lowest BCUT2D eigenvalue weighted by Gasteiger charge is -2.04. The van der Waals surface area contributed by atoms with Crippen LogP contribution >= 0.6 is 11.6 Å². The van der Waals surface area contributed by atoms with Crippen LogP contribution in [0.25, 0.3) is 11.1 Å². The molecule has 2 aromatic heterocycles. The highest BCUT2D eigenvalue weighted by molar-refractivity contribution is 6.31. The molecule has 3 rings (SSSR count). The van der Waals surface area contributed by atoms with Crippen LogP contribution in [0.1, 0.15) is 16.1 Å². The van der Waals surface area contributed by atoms with Crippen LogP contribution < -0.4 is 5.32 Å². The molecule has 3 aromatic rings. The van der Waals surface area contributed by atoms with Crippen LogP contribution in [0.4, 0.5) is 0 Å². The number of amides is 1. The van der Waals surface area contributed by atoms with Crippen molar-refractivity contribution in [2.24, 2.45) is 0 Å². The third-order valence-corrected chi connectivity index (χ3v) is 3.28. The SMILES string of the molecule is O=C(NCc1ccccc1Cl)c1cc2ncccc2o1. The summed E-state index contributed by atoms with van der Waals surface area (Å²) in [4.78, 5) is 16.1. The number of aromatic nitrogens is 1. The summed E-state index contributed by atoms with van der Waals surface area (Å²) in [6, 6.07) is 12.5. The quantitative estimate of drug-likeness (QED) is 0.803. The van der Waals surface area contributed by atoms with Gasteiger partial charge in [-0.25, -0.2) is 0 Å². The first-order valence-corrected chi connectivity index (χ1v) is 6.48. The van der Waals surface area contributed by atoms with Gasteiger partial charge in [-0.05, 0) is 23.8 Å². The van der Waals surface area contributed by atoms with Crippen molar-refractivity contribution in [3.8, 4) is 0 Å². The molecule has 0 aliphatic heterocycles. The molecular weight excluding hydrogens is 276 g/mol. The summed E-state index contributed by atoms with van der Waals surface area (Å²) in [5, 5.41) is 3.40. The molecule has 100 valence electrons. The number of rotatable bonds is 3. The molecule has 20 heavy (non-hydrogen) atoms. The molecule has 1 aromatic carbocycles. The second-order valence-corrected chi connectivity index (χ2v) is 4.68. The molecule has 0 saturated carbocycles. The maximum Gasteiger partial charge on any atom is 0.287 e. The van der Waals surface area contributed by atoms with Gasteiger partial charge < -0.3 is 9.73 Å². The number of nitrogens with zero attached hydrogens (tertiary/aromatic N) is 1. The fourth-order valence-corrected chi connectivity index (χ4v) is 2.09. The molecule has 0 spiro atoms. The Morgan fingerprint density at radius 2 is 2.10 bits per heavy atom. The summed E-state index contributed by atoms with van der Waals surface area (Å²) >= 11 is 6.03. The van der Waals surface area contributed by atoms with Gasteiger partial charge in [-0.15, -0.1) is 0 Å². The van der Waals surface area contributed by atoms with Gasteiger partial charge in [0.2, 0.25) is 0 Å². The lowest BCUT2D eigenvalue weighted by Crippen LogP contribution is -2.22. The topological polar surface area (TPSA) is 55.1 Å². The predicted molar refractivity (Wildman–Crippen MR) is 76.6 cm³/mol. The Morgan fingerprint density at radius 1 is 1.25 bits per heavy atom. The second-order valence-electron chi connectivity index (χ2n) is 4.27. The molecule has 0 fully saturated rings. The van der Waals surface area contributed by atoms with E-state index < -0.39 is 0 Å². The largest absolute Gasteiger partial charge is 0.449 e. The van der Waals surface area contributed by atoms with E-state index in [-0.39, 0.29) is 11.7 Å². The number of pyridine rings is 1. The Hall–Kier alpha value is -2.33. The van der Waals surface area contributed by atoms with E-state index >= 15 is 0 Å². The summed E-state index contributed by atoms with van der Waals surface area (Å²) < 4.78 is 5.44. The first-order chi connectivity index (χ1) is 9.74. The van der Waals surface area contributed by atoms with Gasteiger partial charge in [0.05, 0.1) is 0 Å². The number of carbonyl (C=O) groups excluding carboxylic acids is 1. The van der Waals surface area contributed by atoms with E-state index in [0.717, 1.165) is 5.56 Å². The lowest BCUT2D eigenvalue weighted by molar-refractivity contribution is 0.0925. The van der Waals surface area contributed by atoms with Gasteiger partial charge in [0.1, 0.15) is 5.52 Å². The third-order valence-electron chi connectivity index (χ3n) is 2.91. The van der Waals surface area contributed by atoms with Crippen LogP contribution in [-0.4, -0.2) is 10.9 Å². The Bertz CT molecular complexity index is 734. The number of fused-ring (bicyclic) bond motifs is 1. The maximum atomic E-state index is 12.0. The maximum absolute atomic E-state index is 12.0. The molecular formula is C15H11ClN2O2. The number of hydrogen-bond donors (Lipinski definition) is 1. The van der Waals surface area contributed by atoms with E-state index in [9.17, 15) is 4.79 Å². The zero-order valence-corrected chi connectivity index (χ0v) is 11.2. The Labute approximate surface area is 120 Å². The summed E-state index contributed by atoms with van der Waals surface area (Å²) in [7, 11) is 0. The molecule has 0 unspecified atom stereocenters. The number of carbonyl (C=O) groups is 1. The summed E-state index contributed by atoms with van der Waals surface area (Å²) in [5.74, 6) is -0.0475. The van der Waals surface area contributed by atoms with Crippen LogP contribution in [0.15, 0.2) is 53.1 Å². The average Bonchev–Trinajstić information content (AvgIpc) is 2.90. The van der Waals surface area contributed by atoms with E-state index in [4.69, 9.17) is 16.0 Å². The minimum atomic E-state index is -0.289.